The second-order valence-electron chi connectivity index (χ2n) is 6.38. The molecule has 0 aliphatic heterocycles. The van der Waals surface area contributed by atoms with Gasteiger partial charge < -0.3 is 10.1 Å². The SMILES string of the molecule is Cc1cccc(NCc2cc(Br)ccc2OCc2ccc(Cl)cc2Cl)c1C. The minimum atomic E-state index is 0.383. The zero-order valence-electron chi connectivity index (χ0n) is 15.2. The van der Waals surface area contributed by atoms with Gasteiger partial charge in [-0.05, 0) is 61.4 Å². The first kappa shape index (κ1) is 20.1. The molecule has 27 heavy (non-hydrogen) atoms. The summed E-state index contributed by atoms with van der Waals surface area (Å²) in [6, 6.07) is 17.7. The molecule has 0 aliphatic carbocycles. The van der Waals surface area contributed by atoms with Crippen LogP contribution in [0.5, 0.6) is 5.75 Å². The Labute approximate surface area is 178 Å². The van der Waals surface area contributed by atoms with E-state index in [4.69, 9.17) is 27.9 Å². The van der Waals surface area contributed by atoms with Crippen LogP contribution in [0, 0.1) is 13.8 Å². The third-order valence-corrected chi connectivity index (χ3v) is 5.57. The third kappa shape index (κ3) is 5.19. The van der Waals surface area contributed by atoms with Crippen LogP contribution in [-0.2, 0) is 13.2 Å². The molecule has 5 heteroatoms. The lowest BCUT2D eigenvalue weighted by molar-refractivity contribution is 0.303. The van der Waals surface area contributed by atoms with Crippen molar-refractivity contribution >= 4 is 44.8 Å². The summed E-state index contributed by atoms with van der Waals surface area (Å²) in [6.45, 7) is 5.28. The van der Waals surface area contributed by atoms with Gasteiger partial charge in [0, 0.05) is 37.9 Å². The van der Waals surface area contributed by atoms with Gasteiger partial charge in [0.25, 0.3) is 0 Å². The number of halogens is 3. The standard InChI is InChI=1S/C22H20BrCl2NO/c1-14-4-3-5-21(15(14)2)26-12-17-10-18(23)7-9-22(17)27-13-16-6-8-19(24)11-20(16)25/h3-11,26H,12-13H2,1-2H3. The van der Waals surface area contributed by atoms with Crippen molar-refractivity contribution in [2.24, 2.45) is 0 Å². The first-order valence-corrected chi connectivity index (χ1v) is 10.1. The van der Waals surface area contributed by atoms with Gasteiger partial charge in [-0.15, -0.1) is 0 Å². The van der Waals surface area contributed by atoms with E-state index in [1.807, 2.05) is 24.3 Å². The highest BCUT2D eigenvalue weighted by Gasteiger charge is 2.09. The summed E-state index contributed by atoms with van der Waals surface area (Å²) < 4.78 is 7.06. The molecule has 0 aliphatic rings. The number of hydrogen-bond acceptors (Lipinski definition) is 2. The molecule has 0 heterocycles. The largest absolute Gasteiger partial charge is 0.488 e. The molecule has 3 aromatic carbocycles. The summed E-state index contributed by atoms with van der Waals surface area (Å²) in [7, 11) is 0. The minimum absolute atomic E-state index is 0.383. The van der Waals surface area contributed by atoms with Crippen molar-refractivity contribution in [2.75, 3.05) is 5.32 Å². The molecule has 2 nitrogen and oxygen atoms in total. The van der Waals surface area contributed by atoms with Crippen LogP contribution in [0.25, 0.3) is 0 Å². The van der Waals surface area contributed by atoms with Gasteiger partial charge in [0.1, 0.15) is 12.4 Å². The Morgan fingerprint density at radius 2 is 1.78 bits per heavy atom. The van der Waals surface area contributed by atoms with Crippen LogP contribution in [0.4, 0.5) is 5.69 Å². The predicted molar refractivity (Wildman–Crippen MR) is 118 cm³/mol. The zero-order chi connectivity index (χ0) is 19.4. The summed E-state index contributed by atoms with van der Waals surface area (Å²) in [6.07, 6.45) is 0. The number of ether oxygens (including phenoxy) is 1. The van der Waals surface area contributed by atoms with Crippen molar-refractivity contribution in [3.8, 4) is 5.75 Å². The Bertz CT molecular complexity index is 959. The monoisotopic (exact) mass is 463 g/mol. The van der Waals surface area contributed by atoms with Crippen LogP contribution in [0.15, 0.2) is 59.1 Å². The average Bonchev–Trinajstić information content (AvgIpc) is 2.63. The fraction of sp³-hybridized carbons (Fsp3) is 0.182. The van der Waals surface area contributed by atoms with E-state index in [0.717, 1.165) is 27.0 Å². The molecule has 0 saturated carbocycles. The minimum Gasteiger partial charge on any atom is -0.488 e. The van der Waals surface area contributed by atoms with Crippen LogP contribution >= 0.6 is 39.1 Å². The summed E-state index contributed by atoms with van der Waals surface area (Å²) in [5, 5.41) is 4.73. The number of aryl methyl sites for hydroxylation is 1. The van der Waals surface area contributed by atoms with Gasteiger partial charge in [0.05, 0.1) is 0 Å². The molecule has 3 aromatic rings. The number of benzene rings is 3. The molecular formula is C22H20BrCl2NO. The maximum Gasteiger partial charge on any atom is 0.124 e. The van der Waals surface area contributed by atoms with Gasteiger partial charge in [0.15, 0.2) is 0 Å². The summed E-state index contributed by atoms with van der Waals surface area (Å²) in [5.41, 5.74) is 5.61. The fourth-order valence-corrected chi connectivity index (χ4v) is 3.63. The summed E-state index contributed by atoms with van der Waals surface area (Å²) in [4.78, 5) is 0. The lowest BCUT2D eigenvalue weighted by Crippen LogP contribution is -2.05. The van der Waals surface area contributed by atoms with E-state index in [1.165, 1.54) is 11.1 Å². The topological polar surface area (TPSA) is 21.3 Å². The number of hydrogen-bond donors (Lipinski definition) is 1. The summed E-state index contributed by atoms with van der Waals surface area (Å²) >= 11 is 15.8. The Morgan fingerprint density at radius 1 is 0.963 bits per heavy atom. The molecule has 0 spiro atoms. The number of anilines is 1. The molecule has 0 aromatic heterocycles. The normalized spacial score (nSPS) is 10.7. The molecule has 0 fully saturated rings. The third-order valence-electron chi connectivity index (χ3n) is 4.49. The van der Waals surface area contributed by atoms with E-state index >= 15 is 0 Å². The molecule has 0 radical (unpaired) electrons. The quantitative estimate of drug-likeness (QED) is 0.406. The lowest BCUT2D eigenvalue weighted by atomic mass is 10.1. The number of nitrogens with one attached hydrogen (secondary N) is 1. The van der Waals surface area contributed by atoms with Crippen LogP contribution in [-0.4, -0.2) is 0 Å². The van der Waals surface area contributed by atoms with E-state index < -0.39 is 0 Å². The van der Waals surface area contributed by atoms with Crippen molar-refractivity contribution in [2.45, 2.75) is 27.0 Å². The van der Waals surface area contributed by atoms with Gasteiger partial charge in [-0.3, -0.25) is 0 Å². The van der Waals surface area contributed by atoms with Crippen molar-refractivity contribution in [1.82, 2.24) is 0 Å². The van der Waals surface area contributed by atoms with Crippen LogP contribution in [0.2, 0.25) is 10.0 Å². The van der Waals surface area contributed by atoms with Crippen molar-refractivity contribution in [3.05, 3.63) is 91.4 Å². The van der Waals surface area contributed by atoms with E-state index in [9.17, 15) is 0 Å². The molecule has 3 rings (SSSR count). The maximum atomic E-state index is 6.25. The Morgan fingerprint density at radius 3 is 2.56 bits per heavy atom. The molecule has 0 amide bonds. The highest BCUT2D eigenvalue weighted by Crippen LogP contribution is 2.28. The maximum absolute atomic E-state index is 6.25. The molecule has 0 saturated heterocycles. The summed E-state index contributed by atoms with van der Waals surface area (Å²) in [5.74, 6) is 0.821. The van der Waals surface area contributed by atoms with E-state index in [0.29, 0.717) is 23.2 Å². The van der Waals surface area contributed by atoms with Crippen LogP contribution in [0.3, 0.4) is 0 Å². The van der Waals surface area contributed by atoms with Crippen molar-refractivity contribution < 1.29 is 4.74 Å². The first-order chi connectivity index (χ1) is 12.9. The fourth-order valence-electron chi connectivity index (χ4n) is 2.75. The second-order valence-corrected chi connectivity index (χ2v) is 8.14. The van der Waals surface area contributed by atoms with Gasteiger partial charge in [0.2, 0.25) is 0 Å². The molecule has 0 unspecified atom stereocenters. The Kier molecular flexibility index (Phi) is 6.69. The highest BCUT2D eigenvalue weighted by atomic mass is 79.9. The smallest absolute Gasteiger partial charge is 0.124 e. The van der Waals surface area contributed by atoms with Crippen molar-refractivity contribution in [1.29, 1.82) is 0 Å². The molecule has 0 atom stereocenters. The second kappa shape index (κ2) is 9.01. The zero-order valence-corrected chi connectivity index (χ0v) is 18.3. The molecule has 1 N–H and O–H groups in total. The van der Waals surface area contributed by atoms with E-state index in [-0.39, 0.29) is 0 Å². The Balaban J connectivity index is 1.75. The van der Waals surface area contributed by atoms with Crippen LogP contribution < -0.4 is 10.1 Å². The average molecular weight is 465 g/mol. The highest BCUT2D eigenvalue weighted by molar-refractivity contribution is 9.10. The van der Waals surface area contributed by atoms with Crippen LogP contribution in [0.1, 0.15) is 22.3 Å². The van der Waals surface area contributed by atoms with Gasteiger partial charge in [-0.25, -0.2) is 0 Å². The van der Waals surface area contributed by atoms with Crippen molar-refractivity contribution in [3.63, 3.8) is 0 Å². The lowest BCUT2D eigenvalue weighted by Gasteiger charge is -2.16. The first-order valence-electron chi connectivity index (χ1n) is 8.59. The van der Waals surface area contributed by atoms with Gasteiger partial charge >= 0.3 is 0 Å². The van der Waals surface area contributed by atoms with Gasteiger partial charge in [-0.1, -0.05) is 57.3 Å². The molecular weight excluding hydrogens is 445 g/mol. The predicted octanol–water partition coefficient (Wildman–Crippen LogP) is 7.56. The van der Waals surface area contributed by atoms with E-state index in [1.54, 1.807) is 6.07 Å². The Hall–Kier alpha value is -1.68. The van der Waals surface area contributed by atoms with Gasteiger partial charge in [-0.2, -0.15) is 0 Å². The number of rotatable bonds is 6. The van der Waals surface area contributed by atoms with E-state index in [2.05, 4.69) is 59.4 Å². The molecule has 140 valence electrons. The molecule has 0 bridgehead atoms.